The first kappa shape index (κ1) is 21.1. The first-order valence-electron chi connectivity index (χ1n) is 9.46. The van der Waals surface area contributed by atoms with Crippen LogP contribution in [-0.4, -0.2) is 62.9 Å². The molecule has 1 aliphatic heterocycles. The van der Waals surface area contributed by atoms with Crippen LogP contribution < -0.4 is 20.1 Å². The minimum atomic E-state index is -0.798. The molecule has 0 saturated carbocycles. The van der Waals surface area contributed by atoms with Crippen molar-refractivity contribution in [2.24, 2.45) is 10.7 Å². The van der Waals surface area contributed by atoms with E-state index in [-0.39, 0.29) is 6.54 Å². The van der Waals surface area contributed by atoms with Crippen molar-refractivity contribution in [3.8, 4) is 11.5 Å². The van der Waals surface area contributed by atoms with Gasteiger partial charge in [-0.15, -0.1) is 0 Å². The number of rotatable bonds is 6. The van der Waals surface area contributed by atoms with Gasteiger partial charge in [0.1, 0.15) is 11.5 Å². The van der Waals surface area contributed by atoms with E-state index in [0.29, 0.717) is 23.0 Å². The summed E-state index contributed by atoms with van der Waals surface area (Å²) in [5.74, 6) is 1.68. The van der Waals surface area contributed by atoms with Crippen LogP contribution in [0.3, 0.4) is 0 Å². The summed E-state index contributed by atoms with van der Waals surface area (Å²) >= 11 is 5.96. The quantitative estimate of drug-likeness (QED) is 0.554. The first-order valence-corrected chi connectivity index (χ1v) is 9.84. The Morgan fingerprint density at radius 1 is 1.07 bits per heavy atom. The van der Waals surface area contributed by atoms with Crippen molar-refractivity contribution in [3.63, 3.8) is 0 Å². The molecule has 2 aromatic carbocycles. The van der Waals surface area contributed by atoms with Crippen LogP contribution in [0.25, 0.3) is 0 Å². The van der Waals surface area contributed by atoms with Crippen LogP contribution >= 0.6 is 11.6 Å². The lowest BCUT2D eigenvalue weighted by molar-refractivity contribution is 0.185. The lowest BCUT2D eigenvalue weighted by atomic mass is 10.1. The molecular weight excluding hydrogens is 392 g/mol. The Hall–Kier alpha value is -2.64. The van der Waals surface area contributed by atoms with Gasteiger partial charge in [-0.3, -0.25) is 4.99 Å². The third-order valence-electron chi connectivity index (χ3n) is 4.98. The highest BCUT2D eigenvalue weighted by Gasteiger charge is 2.19. The van der Waals surface area contributed by atoms with Crippen LogP contribution in [0.2, 0.25) is 5.02 Å². The maximum absolute atomic E-state index is 10.5. The summed E-state index contributed by atoms with van der Waals surface area (Å²) in [6, 6.07) is 13.1. The smallest absolute Gasteiger partial charge is 0.191 e. The molecule has 1 aliphatic rings. The van der Waals surface area contributed by atoms with E-state index in [9.17, 15) is 5.11 Å². The van der Waals surface area contributed by atoms with E-state index in [0.717, 1.165) is 36.9 Å². The van der Waals surface area contributed by atoms with Gasteiger partial charge in [-0.1, -0.05) is 11.6 Å². The van der Waals surface area contributed by atoms with Crippen LogP contribution in [0.15, 0.2) is 47.5 Å². The van der Waals surface area contributed by atoms with Crippen molar-refractivity contribution in [1.82, 2.24) is 4.90 Å². The zero-order chi connectivity index (χ0) is 20.8. The van der Waals surface area contributed by atoms with Crippen molar-refractivity contribution in [3.05, 3.63) is 53.1 Å². The molecule has 0 aliphatic carbocycles. The Morgan fingerprint density at radius 2 is 1.66 bits per heavy atom. The molecule has 1 fully saturated rings. The molecule has 8 heteroatoms. The van der Waals surface area contributed by atoms with E-state index >= 15 is 0 Å². The summed E-state index contributed by atoms with van der Waals surface area (Å²) in [4.78, 5) is 8.72. The molecule has 156 valence electrons. The average molecular weight is 419 g/mol. The number of aliphatic imine (C=N–C) groups is 1. The van der Waals surface area contributed by atoms with E-state index in [1.165, 1.54) is 0 Å². The monoisotopic (exact) mass is 418 g/mol. The number of anilines is 1. The van der Waals surface area contributed by atoms with Gasteiger partial charge in [0.25, 0.3) is 0 Å². The molecule has 1 saturated heterocycles. The van der Waals surface area contributed by atoms with Crippen LogP contribution in [0.5, 0.6) is 11.5 Å². The van der Waals surface area contributed by atoms with Gasteiger partial charge in [0.15, 0.2) is 5.96 Å². The highest BCUT2D eigenvalue weighted by Crippen LogP contribution is 2.26. The number of halogens is 1. The fraction of sp³-hybridized carbons (Fsp3) is 0.381. The molecule has 3 N–H and O–H groups in total. The van der Waals surface area contributed by atoms with Crippen LogP contribution in [0.1, 0.15) is 11.7 Å². The number of nitrogens with zero attached hydrogens (tertiary/aromatic N) is 3. The molecular formula is C21H27ClN4O3. The molecule has 1 heterocycles. The molecule has 0 amide bonds. The van der Waals surface area contributed by atoms with Gasteiger partial charge in [0.05, 0.1) is 26.9 Å². The molecule has 0 spiro atoms. The Labute approximate surface area is 176 Å². The predicted molar refractivity (Wildman–Crippen MR) is 116 cm³/mol. The van der Waals surface area contributed by atoms with E-state index in [1.54, 1.807) is 32.4 Å². The molecule has 2 aromatic rings. The SMILES string of the molecule is COc1cc(OC)cc(C(O)CN=C(N)N2CCN(c3ccc(Cl)cc3)CC2)c1. The summed E-state index contributed by atoms with van der Waals surface area (Å²) in [6.07, 6.45) is -0.798. The van der Waals surface area contributed by atoms with Crippen molar-refractivity contribution in [1.29, 1.82) is 0 Å². The topological polar surface area (TPSA) is 83.5 Å². The van der Waals surface area contributed by atoms with Crippen molar-refractivity contribution < 1.29 is 14.6 Å². The summed E-state index contributed by atoms with van der Waals surface area (Å²) in [5, 5.41) is 11.2. The number of guanidine groups is 1. The number of aliphatic hydroxyl groups excluding tert-OH is 1. The Balaban J connectivity index is 1.57. The maximum Gasteiger partial charge on any atom is 0.191 e. The van der Waals surface area contributed by atoms with Gasteiger partial charge in [-0.05, 0) is 42.0 Å². The number of methoxy groups -OCH3 is 2. The van der Waals surface area contributed by atoms with Gasteiger partial charge in [0.2, 0.25) is 0 Å². The third-order valence-corrected chi connectivity index (χ3v) is 5.23. The molecule has 7 nitrogen and oxygen atoms in total. The molecule has 0 bridgehead atoms. The molecule has 0 radical (unpaired) electrons. The van der Waals surface area contributed by atoms with Crippen LogP contribution in [0, 0.1) is 0 Å². The lowest BCUT2D eigenvalue weighted by Crippen LogP contribution is -2.51. The molecule has 3 rings (SSSR count). The van der Waals surface area contributed by atoms with Crippen LogP contribution in [-0.2, 0) is 0 Å². The fourth-order valence-corrected chi connectivity index (χ4v) is 3.38. The Kier molecular flexibility index (Phi) is 7.06. The zero-order valence-electron chi connectivity index (χ0n) is 16.7. The minimum absolute atomic E-state index is 0.166. The molecule has 29 heavy (non-hydrogen) atoms. The van der Waals surface area contributed by atoms with E-state index in [4.69, 9.17) is 26.8 Å². The maximum atomic E-state index is 10.5. The van der Waals surface area contributed by atoms with Crippen molar-refractivity contribution in [2.45, 2.75) is 6.10 Å². The number of benzene rings is 2. The minimum Gasteiger partial charge on any atom is -0.497 e. The highest BCUT2D eigenvalue weighted by molar-refractivity contribution is 6.30. The second kappa shape index (κ2) is 9.71. The highest BCUT2D eigenvalue weighted by atomic mass is 35.5. The van der Waals surface area contributed by atoms with Crippen molar-refractivity contribution in [2.75, 3.05) is 51.8 Å². The summed E-state index contributed by atoms with van der Waals surface area (Å²) in [6.45, 7) is 3.38. The largest absolute Gasteiger partial charge is 0.497 e. The standard InChI is InChI=1S/C21H27ClN4O3/c1-28-18-11-15(12-19(13-18)29-2)20(27)14-24-21(23)26-9-7-25(8-10-26)17-5-3-16(22)4-6-17/h3-6,11-13,20,27H,7-10,14H2,1-2H3,(H2,23,24). The van der Waals surface area contributed by atoms with Gasteiger partial charge in [-0.25, -0.2) is 0 Å². The molecule has 0 aromatic heterocycles. The summed E-state index contributed by atoms with van der Waals surface area (Å²) in [7, 11) is 3.15. The molecule has 1 atom stereocenters. The van der Waals surface area contributed by atoms with E-state index in [2.05, 4.69) is 9.89 Å². The number of piperazine rings is 1. The van der Waals surface area contributed by atoms with Crippen LogP contribution in [0.4, 0.5) is 5.69 Å². The van der Waals surface area contributed by atoms with E-state index in [1.807, 2.05) is 29.2 Å². The predicted octanol–water partition coefficient (Wildman–Crippen LogP) is 2.53. The number of hydrogen-bond acceptors (Lipinski definition) is 5. The number of hydrogen-bond donors (Lipinski definition) is 2. The fourth-order valence-electron chi connectivity index (χ4n) is 3.25. The van der Waals surface area contributed by atoms with E-state index < -0.39 is 6.10 Å². The normalized spacial score (nSPS) is 15.9. The summed E-state index contributed by atoms with van der Waals surface area (Å²) < 4.78 is 10.5. The lowest BCUT2D eigenvalue weighted by Gasteiger charge is -2.36. The second-order valence-corrected chi connectivity index (χ2v) is 7.25. The van der Waals surface area contributed by atoms with Gasteiger partial charge < -0.3 is 30.1 Å². The Morgan fingerprint density at radius 3 is 2.21 bits per heavy atom. The number of nitrogens with two attached hydrogens (primary N) is 1. The zero-order valence-corrected chi connectivity index (χ0v) is 17.5. The number of aliphatic hydroxyl groups is 1. The van der Waals surface area contributed by atoms with Gasteiger partial charge >= 0.3 is 0 Å². The molecule has 1 unspecified atom stereocenters. The summed E-state index contributed by atoms with van der Waals surface area (Å²) in [5.41, 5.74) is 7.99. The first-order chi connectivity index (χ1) is 14.0. The average Bonchev–Trinajstić information content (AvgIpc) is 2.77. The van der Waals surface area contributed by atoms with Gasteiger partial charge in [0, 0.05) is 43.0 Å². The Bertz CT molecular complexity index is 814. The second-order valence-electron chi connectivity index (χ2n) is 6.81. The van der Waals surface area contributed by atoms with Gasteiger partial charge in [-0.2, -0.15) is 0 Å². The van der Waals surface area contributed by atoms with Crippen molar-refractivity contribution >= 4 is 23.2 Å². The number of ether oxygens (including phenoxy) is 2. The third kappa shape index (κ3) is 5.46.